The number of ether oxygens (including phenoxy) is 1. The van der Waals surface area contributed by atoms with Gasteiger partial charge in [0.1, 0.15) is 5.76 Å². The maximum absolute atomic E-state index is 13.0. The van der Waals surface area contributed by atoms with Crippen LogP contribution in [0.15, 0.2) is 61.7 Å². The highest BCUT2D eigenvalue weighted by atomic mass is 19.3. The summed E-state index contributed by atoms with van der Waals surface area (Å²) in [4.78, 5) is 0. The Morgan fingerprint density at radius 1 is 1.11 bits per heavy atom. The van der Waals surface area contributed by atoms with E-state index in [2.05, 4.69) is 17.9 Å². The summed E-state index contributed by atoms with van der Waals surface area (Å²) >= 11 is 0. The zero-order valence-corrected chi connectivity index (χ0v) is 9.70. The van der Waals surface area contributed by atoms with Gasteiger partial charge in [-0.05, 0) is 16.8 Å². The van der Waals surface area contributed by atoms with Gasteiger partial charge >= 0.3 is 6.11 Å². The Morgan fingerprint density at radius 3 is 2.44 bits per heavy atom. The first kappa shape index (κ1) is 12.3. The van der Waals surface area contributed by atoms with Crippen molar-refractivity contribution in [3.8, 4) is 0 Å². The van der Waals surface area contributed by atoms with Crippen LogP contribution in [-0.2, 0) is 4.74 Å². The van der Waals surface area contributed by atoms with Crippen molar-refractivity contribution in [2.45, 2.75) is 6.11 Å². The van der Waals surface area contributed by atoms with E-state index < -0.39 is 6.11 Å². The Labute approximate surface area is 104 Å². The third kappa shape index (κ3) is 2.56. The lowest BCUT2D eigenvalue weighted by Crippen LogP contribution is -2.15. The Kier molecular flexibility index (Phi) is 3.15. The molecule has 2 rings (SSSR count). The molecule has 2 aromatic rings. The van der Waals surface area contributed by atoms with Crippen LogP contribution >= 0.6 is 0 Å². The Morgan fingerprint density at radius 2 is 1.78 bits per heavy atom. The van der Waals surface area contributed by atoms with Crippen molar-refractivity contribution in [2.24, 2.45) is 0 Å². The highest BCUT2D eigenvalue weighted by molar-refractivity contribution is 5.85. The molecule has 0 saturated heterocycles. The number of benzene rings is 2. The first-order chi connectivity index (χ1) is 8.52. The summed E-state index contributed by atoms with van der Waals surface area (Å²) in [6.45, 7) is 6.53. The van der Waals surface area contributed by atoms with Gasteiger partial charge in [0, 0.05) is 11.6 Å². The van der Waals surface area contributed by atoms with Crippen molar-refractivity contribution in [1.29, 1.82) is 0 Å². The summed E-state index contributed by atoms with van der Waals surface area (Å²) in [7, 11) is 0. The SMILES string of the molecule is C=CC(F)(F)OC(=C)c1ccc2ccccc2c1. The molecule has 0 fully saturated rings. The van der Waals surface area contributed by atoms with Gasteiger partial charge in [-0.2, -0.15) is 8.78 Å². The van der Waals surface area contributed by atoms with E-state index in [1.165, 1.54) is 0 Å². The van der Waals surface area contributed by atoms with Crippen LogP contribution < -0.4 is 0 Å². The van der Waals surface area contributed by atoms with Crippen molar-refractivity contribution in [2.75, 3.05) is 0 Å². The fraction of sp³-hybridized carbons (Fsp3) is 0.0667. The predicted molar refractivity (Wildman–Crippen MR) is 69.2 cm³/mol. The molecule has 0 atom stereocenters. The van der Waals surface area contributed by atoms with Crippen molar-refractivity contribution in [3.63, 3.8) is 0 Å². The second kappa shape index (κ2) is 4.61. The van der Waals surface area contributed by atoms with E-state index in [0.29, 0.717) is 11.6 Å². The summed E-state index contributed by atoms with van der Waals surface area (Å²) in [5.74, 6) is -0.0781. The largest absolute Gasteiger partial charge is 0.429 e. The summed E-state index contributed by atoms with van der Waals surface area (Å²) in [5.41, 5.74) is 0.523. The fourth-order valence-corrected chi connectivity index (χ4v) is 1.63. The molecule has 0 N–H and O–H groups in total. The molecule has 0 aromatic heterocycles. The molecule has 0 radical (unpaired) electrons. The van der Waals surface area contributed by atoms with Crippen LogP contribution in [0.5, 0.6) is 0 Å². The van der Waals surface area contributed by atoms with E-state index in [-0.39, 0.29) is 5.76 Å². The minimum absolute atomic E-state index is 0.0781. The number of alkyl halides is 2. The number of rotatable bonds is 4. The van der Waals surface area contributed by atoms with Gasteiger partial charge in [-0.25, -0.2) is 0 Å². The number of hydrogen-bond donors (Lipinski definition) is 0. The van der Waals surface area contributed by atoms with Crippen LogP contribution in [0.1, 0.15) is 5.56 Å². The predicted octanol–water partition coefficient (Wildman–Crippen LogP) is 4.61. The van der Waals surface area contributed by atoms with Crippen LogP contribution in [-0.4, -0.2) is 6.11 Å². The lowest BCUT2D eigenvalue weighted by atomic mass is 10.1. The summed E-state index contributed by atoms with van der Waals surface area (Å²) < 4.78 is 30.5. The van der Waals surface area contributed by atoms with E-state index in [4.69, 9.17) is 0 Å². The first-order valence-corrected chi connectivity index (χ1v) is 5.40. The van der Waals surface area contributed by atoms with Gasteiger partial charge in [0.2, 0.25) is 0 Å². The molecular formula is C15H12F2O. The molecule has 0 heterocycles. The third-order valence-electron chi connectivity index (χ3n) is 2.57. The molecule has 0 saturated carbocycles. The second-order valence-electron chi connectivity index (χ2n) is 3.85. The molecular weight excluding hydrogens is 234 g/mol. The Balaban J connectivity index is 2.31. The summed E-state index contributed by atoms with van der Waals surface area (Å²) in [6.07, 6.45) is -2.96. The molecule has 2 aromatic carbocycles. The zero-order chi connectivity index (χ0) is 13.2. The van der Waals surface area contributed by atoms with Crippen molar-refractivity contribution in [1.82, 2.24) is 0 Å². The van der Waals surface area contributed by atoms with Crippen molar-refractivity contribution in [3.05, 3.63) is 67.3 Å². The van der Waals surface area contributed by atoms with Gasteiger partial charge in [0.15, 0.2) is 0 Å². The van der Waals surface area contributed by atoms with Gasteiger partial charge in [0.05, 0.1) is 0 Å². The molecule has 18 heavy (non-hydrogen) atoms. The topological polar surface area (TPSA) is 9.23 Å². The van der Waals surface area contributed by atoms with Crippen LogP contribution in [0.2, 0.25) is 0 Å². The van der Waals surface area contributed by atoms with E-state index in [0.717, 1.165) is 10.8 Å². The van der Waals surface area contributed by atoms with Crippen LogP contribution in [0, 0.1) is 0 Å². The molecule has 1 nitrogen and oxygen atoms in total. The van der Waals surface area contributed by atoms with Crippen molar-refractivity contribution >= 4 is 16.5 Å². The smallest absolute Gasteiger partial charge is 0.419 e. The highest BCUT2D eigenvalue weighted by Gasteiger charge is 2.27. The molecule has 0 aliphatic rings. The molecule has 0 aliphatic carbocycles. The average molecular weight is 246 g/mol. The quantitative estimate of drug-likeness (QED) is 0.565. The van der Waals surface area contributed by atoms with Gasteiger partial charge in [-0.1, -0.05) is 49.6 Å². The standard InChI is InChI=1S/C15H12F2O/c1-3-15(16,17)18-11(2)13-9-8-12-6-4-5-7-14(12)10-13/h3-10H,1-2H2. The first-order valence-electron chi connectivity index (χ1n) is 5.40. The van der Waals surface area contributed by atoms with Crippen LogP contribution in [0.3, 0.4) is 0 Å². The van der Waals surface area contributed by atoms with E-state index >= 15 is 0 Å². The minimum Gasteiger partial charge on any atom is -0.429 e. The van der Waals surface area contributed by atoms with Gasteiger partial charge in [0.25, 0.3) is 0 Å². The maximum atomic E-state index is 13.0. The van der Waals surface area contributed by atoms with Crippen LogP contribution in [0.4, 0.5) is 8.78 Å². The van der Waals surface area contributed by atoms with E-state index in [9.17, 15) is 8.78 Å². The number of halogens is 2. The molecule has 0 aliphatic heterocycles. The zero-order valence-electron chi connectivity index (χ0n) is 9.70. The van der Waals surface area contributed by atoms with Crippen molar-refractivity contribution < 1.29 is 13.5 Å². The summed E-state index contributed by atoms with van der Waals surface area (Å²) in [5, 5.41) is 1.98. The second-order valence-corrected chi connectivity index (χ2v) is 3.85. The minimum atomic E-state index is -3.40. The third-order valence-corrected chi connectivity index (χ3v) is 2.57. The number of fused-ring (bicyclic) bond motifs is 1. The molecule has 0 unspecified atom stereocenters. The van der Waals surface area contributed by atoms with Gasteiger partial charge < -0.3 is 4.74 Å². The monoisotopic (exact) mass is 246 g/mol. The number of hydrogen-bond acceptors (Lipinski definition) is 1. The maximum Gasteiger partial charge on any atom is 0.419 e. The normalized spacial score (nSPS) is 11.2. The molecule has 3 heteroatoms. The summed E-state index contributed by atoms with van der Waals surface area (Å²) in [6, 6.07) is 12.9. The molecule has 0 bridgehead atoms. The Hall–Kier alpha value is -2.16. The van der Waals surface area contributed by atoms with E-state index in [1.54, 1.807) is 12.1 Å². The lowest BCUT2D eigenvalue weighted by molar-refractivity contribution is -0.150. The molecule has 0 amide bonds. The fourth-order valence-electron chi connectivity index (χ4n) is 1.63. The highest BCUT2D eigenvalue weighted by Crippen LogP contribution is 2.27. The van der Waals surface area contributed by atoms with E-state index in [1.807, 2.05) is 30.3 Å². The average Bonchev–Trinajstić information content (AvgIpc) is 2.37. The van der Waals surface area contributed by atoms with Gasteiger partial charge in [-0.15, -0.1) is 0 Å². The van der Waals surface area contributed by atoms with Gasteiger partial charge in [-0.3, -0.25) is 0 Å². The Bertz CT molecular complexity index is 602. The molecule has 0 spiro atoms. The lowest BCUT2D eigenvalue weighted by Gasteiger charge is -2.16. The van der Waals surface area contributed by atoms with Crippen LogP contribution in [0.25, 0.3) is 16.5 Å². The molecule has 92 valence electrons.